The minimum absolute atomic E-state index is 0.0719. The largest absolute Gasteiger partial charge is 0.744 e. The van der Waals surface area contributed by atoms with Crippen LogP contribution in [0.4, 0.5) is 0 Å². The lowest BCUT2D eigenvalue weighted by Gasteiger charge is -2.05. The second kappa shape index (κ2) is 6.82. The highest BCUT2D eigenvalue weighted by atomic mass is 32.2. The van der Waals surface area contributed by atoms with Gasteiger partial charge in [0.1, 0.15) is 22.9 Å². The molecule has 112 valence electrons. The Bertz CT molecular complexity index is 709. The van der Waals surface area contributed by atoms with Crippen molar-refractivity contribution in [3.8, 4) is 5.75 Å². The number of benzene rings is 1. The van der Waals surface area contributed by atoms with Gasteiger partial charge in [-0.1, -0.05) is 0 Å². The van der Waals surface area contributed by atoms with E-state index in [0.717, 1.165) is 24.3 Å². The summed E-state index contributed by atoms with van der Waals surface area (Å²) in [6.07, 6.45) is 3.56. The molecule has 0 saturated carbocycles. The molecule has 0 aliphatic heterocycles. The fourth-order valence-corrected chi connectivity index (χ4v) is 1.75. The fourth-order valence-electron chi connectivity index (χ4n) is 1.28. The number of phenolic OH excluding ortho intramolecular Hbond substituents is 1. The molecule has 21 heavy (non-hydrogen) atoms. The van der Waals surface area contributed by atoms with Crippen LogP contribution in [-0.2, 0) is 17.2 Å². The van der Waals surface area contributed by atoms with Crippen LogP contribution in [0.5, 0.6) is 5.75 Å². The van der Waals surface area contributed by atoms with E-state index in [1.54, 1.807) is 24.5 Å². The summed E-state index contributed by atoms with van der Waals surface area (Å²) in [7, 11) is -2.50. The SMILES string of the molecule is C[n+]1ccc(C(N)=O)cc1.O=S(=O)([O-])c1ccc(O)cc1. The van der Waals surface area contributed by atoms with Crippen molar-refractivity contribution in [2.75, 3.05) is 0 Å². The molecule has 1 aromatic carbocycles. The summed E-state index contributed by atoms with van der Waals surface area (Å²) < 4.78 is 32.8. The number of nitrogens with zero attached hydrogens (tertiary/aromatic N) is 1. The Hall–Kier alpha value is -2.45. The molecule has 1 heterocycles. The Morgan fingerprint density at radius 1 is 1.14 bits per heavy atom. The second-order valence-corrected chi connectivity index (χ2v) is 5.44. The molecule has 0 spiro atoms. The maximum Gasteiger partial charge on any atom is 0.249 e. The molecular formula is C13H14N2O5S. The van der Waals surface area contributed by atoms with Crippen LogP contribution < -0.4 is 10.3 Å². The third kappa shape index (κ3) is 5.59. The molecule has 0 unspecified atom stereocenters. The van der Waals surface area contributed by atoms with Crippen LogP contribution in [0.1, 0.15) is 10.4 Å². The number of carbonyl (C=O) groups is 1. The number of phenols is 1. The number of pyridine rings is 1. The number of aryl methyl sites for hydroxylation is 1. The Morgan fingerprint density at radius 3 is 2.00 bits per heavy atom. The molecule has 0 aliphatic carbocycles. The van der Waals surface area contributed by atoms with Gasteiger partial charge in [-0.3, -0.25) is 4.79 Å². The van der Waals surface area contributed by atoms with Crippen LogP contribution in [0.2, 0.25) is 0 Å². The molecule has 2 aromatic rings. The van der Waals surface area contributed by atoms with E-state index in [9.17, 15) is 17.8 Å². The molecule has 0 atom stereocenters. The number of carbonyl (C=O) groups excluding carboxylic acids is 1. The van der Waals surface area contributed by atoms with Gasteiger partial charge in [0.25, 0.3) is 0 Å². The third-order valence-corrected chi connectivity index (χ3v) is 3.24. The molecule has 7 nitrogen and oxygen atoms in total. The lowest BCUT2D eigenvalue weighted by atomic mass is 10.2. The Balaban J connectivity index is 0.000000211. The molecule has 0 bridgehead atoms. The monoisotopic (exact) mass is 310 g/mol. The van der Waals surface area contributed by atoms with Gasteiger partial charge in [0, 0.05) is 12.1 Å². The highest BCUT2D eigenvalue weighted by Crippen LogP contribution is 2.13. The first-order valence-electron chi connectivity index (χ1n) is 5.70. The number of hydrogen-bond donors (Lipinski definition) is 2. The molecule has 1 amide bonds. The van der Waals surface area contributed by atoms with E-state index in [2.05, 4.69) is 0 Å². The summed E-state index contributed by atoms with van der Waals surface area (Å²) in [6.45, 7) is 0. The van der Waals surface area contributed by atoms with Gasteiger partial charge in [-0.05, 0) is 24.3 Å². The van der Waals surface area contributed by atoms with Crippen LogP contribution in [0, 0.1) is 0 Å². The van der Waals surface area contributed by atoms with Crippen molar-refractivity contribution in [1.29, 1.82) is 0 Å². The zero-order valence-corrected chi connectivity index (χ0v) is 11.9. The van der Waals surface area contributed by atoms with Crippen molar-refractivity contribution in [2.24, 2.45) is 12.8 Å². The first-order valence-corrected chi connectivity index (χ1v) is 7.11. The number of hydrogen-bond acceptors (Lipinski definition) is 5. The van der Waals surface area contributed by atoms with E-state index in [4.69, 9.17) is 10.8 Å². The van der Waals surface area contributed by atoms with E-state index < -0.39 is 10.1 Å². The van der Waals surface area contributed by atoms with E-state index in [-0.39, 0.29) is 16.6 Å². The predicted octanol–water partition coefficient (Wildman–Crippen LogP) is -0.0937. The van der Waals surface area contributed by atoms with Crippen LogP contribution in [0.3, 0.4) is 0 Å². The summed E-state index contributed by atoms with van der Waals surface area (Å²) in [5.74, 6) is -0.460. The third-order valence-electron chi connectivity index (χ3n) is 2.39. The first-order chi connectivity index (χ1) is 9.70. The lowest BCUT2D eigenvalue weighted by Crippen LogP contribution is -2.27. The van der Waals surface area contributed by atoms with Gasteiger partial charge in [-0.2, -0.15) is 0 Å². The van der Waals surface area contributed by atoms with Gasteiger partial charge >= 0.3 is 0 Å². The van der Waals surface area contributed by atoms with Gasteiger partial charge in [-0.15, -0.1) is 0 Å². The summed E-state index contributed by atoms with van der Waals surface area (Å²) in [5, 5.41) is 8.73. The zero-order chi connectivity index (χ0) is 16.0. The smallest absolute Gasteiger partial charge is 0.249 e. The molecule has 0 radical (unpaired) electrons. The molecule has 3 N–H and O–H groups in total. The van der Waals surface area contributed by atoms with Crippen LogP contribution in [-0.4, -0.2) is 24.0 Å². The Morgan fingerprint density at radius 2 is 1.62 bits per heavy atom. The zero-order valence-electron chi connectivity index (χ0n) is 11.1. The standard InChI is InChI=1S/C7H8N2O.C6H6O4S/c1-9-4-2-6(3-5-9)7(8)10;7-5-1-3-6(4-2-5)11(8,9)10/h2-5H,1H3,(H-,8,10);1-4,7H,(H,8,9,10). The van der Waals surface area contributed by atoms with E-state index >= 15 is 0 Å². The number of nitrogens with two attached hydrogens (primary N) is 1. The first kappa shape index (κ1) is 16.6. The number of rotatable bonds is 2. The van der Waals surface area contributed by atoms with Crippen molar-refractivity contribution in [3.05, 3.63) is 54.4 Å². The van der Waals surface area contributed by atoms with E-state index in [0.29, 0.717) is 5.56 Å². The molecular weight excluding hydrogens is 296 g/mol. The average Bonchev–Trinajstić information content (AvgIpc) is 2.39. The highest BCUT2D eigenvalue weighted by molar-refractivity contribution is 7.85. The van der Waals surface area contributed by atoms with Crippen molar-refractivity contribution in [2.45, 2.75) is 4.90 Å². The Kier molecular flexibility index (Phi) is 5.39. The summed E-state index contributed by atoms with van der Waals surface area (Å²) in [6, 6.07) is 7.76. The average molecular weight is 310 g/mol. The minimum Gasteiger partial charge on any atom is -0.744 e. The molecule has 1 aromatic heterocycles. The van der Waals surface area contributed by atoms with Gasteiger partial charge < -0.3 is 15.4 Å². The number of primary amides is 1. The molecule has 0 fully saturated rings. The predicted molar refractivity (Wildman–Crippen MR) is 72.2 cm³/mol. The molecule has 0 saturated heterocycles. The fraction of sp³-hybridized carbons (Fsp3) is 0.0769. The second-order valence-electron chi connectivity index (χ2n) is 4.06. The van der Waals surface area contributed by atoms with Crippen LogP contribution in [0.25, 0.3) is 0 Å². The van der Waals surface area contributed by atoms with Crippen molar-refractivity contribution in [3.63, 3.8) is 0 Å². The normalized spacial score (nSPS) is 10.4. The summed E-state index contributed by atoms with van der Waals surface area (Å²) in [4.78, 5) is 10.2. The lowest BCUT2D eigenvalue weighted by molar-refractivity contribution is -0.671. The topological polar surface area (TPSA) is 124 Å². The Labute approximate surface area is 122 Å². The van der Waals surface area contributed by atoms with Gasteiger partial charge in [0.05, 0.1) is 10.5 Å². The number of amides is 1. The molecule has 8 heteroatoms. The quantitative estimate of drug-likeness (QED) is 0.592. The van der Waals surface area contributed by atoms with Crippen molar-refractivity contribution < 1.29 is 27.4 Å². The van der Waals surface area contributed by atoms with Gasteiger partial charge in [0.15, 0.2) is 12.4 Å². The van der Waals surface area contributed by atoms with Gasteiger partial charge in [0.2, 0.25) is 5.91 Å². The molecule has 0 aliphatic rings. The maximum absolute atomic E-state index is 10.5. The van der Waals surface area contributed by atoms with Gasteiger partial charge in [-0.25, -0.2) is 13.0 Å². The van der Waals surface area contributed by atoms with E-state index in [1.165, 1.54) is 0 Å². The molecule has 2 rings (SSSR count). The summed E-state index contributed by atoms with van der Waals surface area (Å²) >= 11 is 0. The number of aromatic hydroxyl groups is 1. The highest BCUT2D eigenvalue weighted by Gasteiger charge is 2.00. The van der Waals surface area contributed by atoms with Crippen molar-refractivity contribution >= 4 is 16.0 Å². The summed E-state index contributed by atoms with van der Waals surface area (Å²) in [5.41, 5.74) is 5.56. The minimum atomic E-state index is -4.38. The van der Waals surface area contributed by atoms with Crippen LogP contribution >= 0.6 is 0 Å². The van der Waals surface area contributed by atoms with E-state index in [1.807, 2.05) is 11.6 Å². The van der Waals surface area contributed by atoms with Crippen LogP contribution in [0.15, 0.2) is 53.7 Å². The maximum atomic E-state index is 10.5. The number of aromatic nitrogens is 1. The van der Waals surface area contributed by atoms with Crippen molar-refractivity contribution in [1.82, 2.24) is 0 Å².